The van der Waals surface area contributed by atoms with Crippen molar-refractivity contribution in [2.45, 2.75) is 19.3 Å². The van der Waals surface area contributed by atoms with Crippen LogP contribution in [0.3, 0.4) is 0 Å². The van der Waals surface area contributed by atoms with E-state index in [0.717, 1.165) is 12.8 Å². The molecule has 3 amide bonds. The number of carbonyl (C=O) groups excluding carboxylic acids is 3. The van der Waals surface area contributed by atoms with Crippen LogP contribution in [0.4, 0.5) is 5.69 Å². The molecule has 4 aliphatic rings. The Morgan fingerprint density at radius 3 is 2.12 bits per heavy atom. The fourth-order valence-corrected chi connectivity index (χ4v) is 4.45. The summed E-state index contributed by atoms with van der Waals surface area (Å²) in [7, 11) is 0. The molecule has 4 atom stereocenters. The van der Waals surface area contributed by atoms with Crippen LogP contribution in [0.15, 0.2) is 36.4 Å². The minimum Gasteiger partial charge on any atom is -0.326 e. The van der Waals surface area contributed by atoms with Gasteiger partial charge in [0.05, 0.1) is 11.8 Å². The van der Waals surface area contributed by atoms with E-state index >= 15 is 0 Å². The van der Waals surface area contributed by atoms with Gasteiger partial charge in [0.15, 0.2) is 0 Å². The van der Waals surface area contributed by atoms with E-state index in [4.69, 9.17) is 11.6 Å². The van der Waals surface area contributed by atoms with E-state index in [1.54, 1.807) is 24.3 Å². The number of imide groups is 1. The van der Waals surface area contributed by atoms with Gasteiger partial charge in [0.1, 0.15) is 0 Å². The quantitative estimate of drug-likeness (QED) is 0.664. The first-order valence-corrected chi connectivity index (χ1v) is 9.01. The zero-order valence-electron chi connectivity index (χ0n) is 13.7. The molecule has 2 fully saturated rings. The number of carbonyl (C=O) groups is 3. The average Bonchev–Trinajstić information content (AvgIpc) is 2.89. The van der Waals surface area contributed by atoms with Crippen molar-refractivity contribution in [3.05, 3.63) is 41.4 Å². The van der Waals surface area contributed by atoms with Gasteiger partial charge >= 0.3 is 0 Å². The number of amides is 3. The van der Waals surface area contributed by atoms with Gasteiger partial charge in [-0.15, -0.1) is 0 Å². The molecule has 130 valence electrons. The lowest BCUT2D eigenvalue weighted by molar-refractivity contribution is -0.140. The van der Waals surface area contributed by atoms with Gasteiger partial charge in [-0.3, -0.25) is 19.3 Å². The normalized spacial score (nSPS) is 29.9. The maximum absolute atomic E-state index is 12.7. The third-order valence-electron chi connectivity index (χ3n) is 5.54. The summed E-state index contributed by atoms with van der Waals surface area (Å²) in [5.41, 5.74) is 0.643. The van der Waals surface area contributed by atoms with Crippen LogP contribution in [0, 0.1) is 23.7 Å². The first-order chi connectivity index (χ1) is 12.0. The number of hydrogen-bond donors (Lipinski definition) is 1. The summed E-state index contributed by atoms with van der Waals surface area (Å²) < 4.78 is 0. The molecule has 2 bridgehead atoms. The third-order valence-corrected chi connectivity index (χ3v) is 5.79. The number of rotatable bonds is 4. The molecule has 0 aromatic heterocycles. The molecule has 1 aliphatic heterocycles. The molecular formula is C19H19ClN2O3. The van der Waals surface area contributed by atoms with Crippen molar-refractivity contribution in [1.29, 1.82) is 0 Å². The first-order valence-electron chi connectivity index (χ1n) is 8.63. The molecule has 25 heavy (non-hydrogen) atoms. The third kappa shape index (κ3) is 2.86. The fourth-order valence-electron chi connectivity index (χ4n) is 4.33. The second-order valence-electron chi connectivity index (χ2n) is 6.97. The number of nitrogens with zero attached hydrogens (tertiary/aromatic N) is 1. The number of nitrogens with one attached hydrogen (secondary N) is 1. The van der Waals surface area contributed by atoms with Crippen molar-refractivity contribution in [1.82, 2.24) is 4.90 Å². The SMILES string of the molecule is O=C(CCN1C(=O)[C@H]2[C@H](C1=O)[C@H]1C=C[C@H]2CC1)Nc1ccc(Cl)cc1. The zero-order chi connectivity index (χ0) is 17.6. The molecule has 1 aromatic rings. The van der Waals surface area contributed by atoms with Crippen molar-refractivity contribution in [3.63, 3.8) is 0 Å². The predicted octanol–water partition coefficient (Wildman–Crippen LogP) is 2.87. The summed E-state index contributed by atoms with van der Waals surface area (Å²) in [5.74, 6) is -0.495. The molecule has 1 heterocycles. The topological polar surface area (TPSA) is 66.5 Å². The number of likely N-dealkylation sites (tertiary alicyclic amines) is 1. The van der Waals surface area contributed by atoms with E-state index < -0.39 is 0 Å². The van der Waals surface area contributed by atoms with E-state index in [-0.39, 0.29) is 54.4 Å². The van der Waals surface area contributed by atoms with Gasteiger partial charge in [-0.25, -0.2) is 0 Å². The van der Waals surface area contributed by atoms with Crippen LogP contribution in [0.1, 0.15) is 19.3 Å². The van der Waals surface area contributed by atoms with Crippen molar-refractivity contribution in [2.75, 3.05) is 11.9 Å². The summed E-state index contributed by atoms with van der Waals surface area (Å²) in [6, 6.07) is 6.81. The van der Waals surface area contributed by atoms with Crippen molar-refractivity contribution in [2.24, 2.45) is 23.7 Å². The van der Waals surface area contributed by atoms with Crippen molar-refractivity contribution < 1.29 is 14.4 Å². The second kappa shape index (κ2) is 6.30. The van der Waals surface area contributed by atoms with Gasteiger partial charge in [0, 0.05) is 23.7 Å². The van der Waals surface area contributed by atoms with E-state index in [2.05, 4.69) is 17.5 Å². The number of fused-ring (bicyclic) bond motifs is 1. The van der Waals surface area contributed by atoms with Crippen LogP contribution in [0.2, 0.25) is 5.02 Å². The molecule has 0 radical (unpaired) electrons. The highest BCUT2D eigenvalue weighted by molar-refractivity contribution is 6.30. The molecule has 1 saturated carbocycles. The fraction of sp³-hybridized carbons (Fsp3) is 0.421. The maximum Gasteiger partial charge on any atom is 0.233 e. The van der Waals surface area contributed by atoms with E-state index in [0.29, 0.717) is 10.7 Å². The van der Waals surface area contributed by atoms with Crippen molar-refractivity contribution in [3.8, 4) is 0 Å². The lowest BCUT2D eigenvalue weighted by Gasteiger charge is -2.38. The number of anilines is 1. The molecule has 0 unspecified atom stereocenters. The van der Waals surface area contributed by atoms with Gasteiger partial charge in [-0.1, -0.05) is 23.8 Å². The summed E-state index contributed by atoms with van der Waals surface area (Å²) >= 11 is 5.82. The number of halogens is 1. The Kier molecular flexibility index (Phi) is 4.12. The zero-order valence-corrected chi connectivity index (χ0v) is 14.4. The van der Waals surface area contributed by atoms with Crippen LogP contribution < -0.4 is 5.32 Å². The number of allylic oxidation sites excluding steroid dienone is 2. The molecular weight excluding hydrogens is 340 g/mol. The van der Waals surface area contributed by atoms with Crippen LogP contribution in [0.25, 0.3) is 0 Å². The summed E-state index contributed by atoms with van der Waals surface area (Å²) in [5, 5.41) is 3.35. The minimum absolute atomic E-state index is 0.0995. The van der Waals surface area contributed by atoms with Crippen LogP contribution in [-0.4, -0.2) is 29.2 Å². The highest BCUT2D eigenvalue weighted by Crippen LogP contribution is 2.49. The van der Waals surface area contributed by atoms with E-state index in [1.807, 2.05) is 0 Å². The summed E-state index contributed by atoms with van der Waals surface area (Å²) in [6.45, 7) is 0.142. The Labute approximate surface area is 151 Å². The monoisotopic (exact) mass is 358 g/mol. The molecule has 0 spiro atoms. The van der Waals surface area contributed by atoms with Gasteiger partial charge in [0.25, 0.3) is 0 Å². The first kappa shape index (κ1) is 16.3. The molecule has 1 saturated heterocycles. The Bertz CT molecular complexity index is 726. The Morgan fingerprint density at radius 2 is 1.60 bits per heavy atom. The van der Waals surface area contributed by atoms with Crippen LogP contribution in [-0.2, 0) is 14.4 Å². The molecule has 3 aliphatic carbocycles. The molecule has 5 nitrogen and oxygen atoms in total. The second-order valence-corrected chi connectivity index (χ2v) is 7.41. The van der Waals surface area contributed by atoms with Gasteiger partial charge in [-0.05, 0) is 48.9 Å². The lowest BCUT2D eigenvalue weighted by Crippen LogP contribution is -2.38. The Morgan fingerprint density at radius 1 is 1.04 bits per heavy atom. The minimum atomic E-state index is -0.223. The Hall–Kier alpha value is -2.14. The van der Waals surface area contributed by atoms with Gasteiger partial charge in [0.2, 0.25) is 17.7 Å². The smallest absolute Gasteiger partial charge is 0.233 e. The number of hydrogen-bond acceptors (Lipinski definition) is 3. The Balaban J connectivity index is 1.38. The van der Waals surface area contributed by atoms with E-state index in [1.165, 1.54) is 4.90 Å². The summed E-state index contributed by atoms with van der Waals surface area (Å²) in [6.07, 6.45) is 6.25. The maximum atomic E-state index is 12.7. The van der Waals surface area contributed by atoms with Crippen LogP contribution in [0.5, 0.6) is 0 Å². The summed E-state index contributed by atoms with van der Waals surface area (Å²) in [4.78, 5) is 38.8. The largest absolute Gasteiger partial charge is 0.326 e. The van der Waals surface area contributed by atoms with E-state index in [9.17, 15) is 14.4 Å². The molecule has 1 N–H and O–H groups in total. The average molecular weight is 359 g/mol. The molecule has 5 rings (SSSR count). The lowest BCUT2D eigenvalue weighted by atomic mass is 9.63. The van der Waals surface area contributed by atoms with Gasteiger partial charge < -0.3 is 5.32 Å². The molecule has 6 heteroatoms. The highest BCUT2D eigenvalue weighted by Gasteiger charge is 2.56. The van der Waals surface area contributed by atoms with Crippen molar-refractivity contribution >= 4 is 35.0 Å². The standard InChI is InChI=1S/C19H19ClN2O3/c20-13-5-7-14(8-6-13)21-15(23)9-10-22-18(24)16-11-1-2-12(4-3-11)17(16)19(22)25/h1-2,5-8,11-12,16-17H,3-4,9-10H2,(H,21,23)/t11-,12-,16+,17+/m0/s1. The highest BCUT2D eigenvalue weighted by atomic mass is 35.5. The van der Waals surface area contributed by atoms with Crippen LogP contribution >= 0.6 is 11.6 Å². The molecule has 1 aromatic carbocycles. The number of benzene rings is 1. The predicted molar refractivity (Wildman–Crippen MR) is 93.8 cm³/mol. The van der Waals surface area contributed by atoms with Gasteiger partial charge in [-0.2, -0.15) is 0 Å².